The summed E-state index contributed by atoms with van der Waals surface area (Å²) in [5.74, 6) is 4.55. The largest absolute Gasteiger partial charge is 0.396 e. The Balaban J connectivity index is 3.68. The SMILES string of the molecule is CNC(CCO)C(=O)NN. The Labute approximate surface area is 59.6 Å². The van der Waals surface area contributed by atoms with Crippen molar-refractivity contribution >= 4 is 5.91 Å². The highest BCUT2D eigenvalue weighted by Gasteiger charge is 2.12. The Morgan fingerprint density at radius 2 is 2.40 bits per heavy atom. The van der Waals surface area contributed by atoms with Gasteiger partial charge in [-0.1, -0.05) is 0 Å². The van der Waals surface area contributed by atoms with Gasteiger partial charge in [0, 0.05) is 6.61 Å². The number of aliphatic hydroxyl groups excluding tert-OH is 1. The van der Waals surface area contributed by atoms with Crippen molar-refractivity contribution in [1.29, 1.82) is 0 Å². The number of hydrazine groups is 1. The van der Waals surface area contributed by atoms with Gasteiger partial charge in [0.2, 0.25) is 0 Å². The Kier molecular flexibility index (Phi) is 4.82. The molecule has 0 saturated heterocycles. The first-order valence-electron chi connectivity index (χ1n) is 3.04. The molecule has 0 aliphatic carbocycles. The zero-order valence-corrected chi connectivity index (χ0v) is 5.92. The summed E-state index contributed by atoms with van der Waals surface area (Å²) in [7, 11) is 1.63. The van der Waals surface area contributed by atoms with Crippen LogP contribution in [-0.2, 0) is 4.79 Å². The number of likely N-dealkylation sites (N-methyl/N-ethyl adjacent to an activating group) is 1. The smallest absolute Gasteiger partial charge is 0.251 e. The molecule has 0 saturated carbocycles. The van der Waals surface area contributed by atoms with Crippen molar-refractivity contribution in [2.75, 3.05) is 13.7 Å². The van der Waals surface area contributed by atoms with Crippen molar-refractivity contribution < 1.29 is 9.90 Å². The maximum absolute atomic E-state index is 10.7. The number of carbonyl (C=O) groups excluding carboxylic acids is 1. The molecule has 0 aliphatic rings. The minimum atomic E-state index is -0.394. The molecule has 0 aromatic heterocycles. The quantitative estimate of drug-likeness (QED) is 0.209. The molecule has 5 heteroatoms. The van der Waals surface area contributed by atoms with Crippen LogP contribution < -0.4 is 16.6 Å². The van der Waals surface area contributed by atoms with Crippen molar-refractivity contribution in [3.63, 3.8) is 0 Å². The van der Waals surface area contributed by atoms with Gasteiger partial charge in [0.05, 0.1) is 6.04 Å². The highest BCUT2D eigenvalue weighted by Crippen LogP contribution is 1.87. The summed E-state index contributed by atoms with van der Waals surface area (Å²) in [5, 5.41) is 11.2. The van der Waals surface area contributed by atoms with Gasteiger partial charge >= 0.3 is 0 Å². The molecule has 10 heavy (non-hydrogen) atoms. The summed E-state index contributed by atoms with van der Waals surface area (Å²) in [4.78, 5) is 10.7. The van der Waals surface area contributed by atoms with Crippen LogP contribution in [0.5, 0.6) is 0 Å². The van der Waals surface area contributed by atoms with E-state index in [-0.39, 0.29) is 12.5 Å². The van der Waals surface area contributed by atoms with Crippen molar-refractivity contribution in [2.24, 2.45) is 5.84 Å². The molecule has 0 aromatic carbocycles. The van der Waals surface area contributed by atoms with E-state index in [4.69, 9.17) is 10.9 Å². The van der Waals surface area contributed by atoms with Crippen LogP contribution in [0.25, 0.3) is 0 Å². The highest BCUT2D eigenvalue weighted by atomic mass is 16.3. The topological polar surface area (TPSA) is 87.4 Å². The van der Waals surface area contributed by atoms with E-state index in [1.54, 1.807) is 7.05 Å². The van der Waals surface area contributed by atoms with E-state index in [1.165, 1.54) is 0 Å². The maximum atomic E-state index is 10.7. The molecule has 0 heterocycles. The average Bonchev–Trinajstić information content (AvgIpc) is 1.99. The molecule has 0 bridgehead atoms. The van der Waals surface area contributed by atoms with Crippen LogP contribution in [0.3, 0.4) is 0 Å². The van der Waals surface area contributed by atoms with Crippen LogP contribution in [0.15, 0.2) is 0 Å². The predicted octanol–water partition coefficient (Wildman–Crippen LogP) is -2.05. The fourth-order valence-corrected chi connectivity index (χ4v) is 0.636. The van der Waals surface area contributed by atoms with Crippen molar-refractivity contribution in [2.45, 2.75) is 12.5 Å². The van der Waals surface area contributed by atoms with Crippen LogP contribution in [-0.4, -0.2) is 30.7 Å². The zero-order chi connectivity index (χ0) is 7.98. The molecule has 0 aromatic rings. The highest BCUT2D eigenvalue weighted by molar-refractivity contribution is 5.80. The third-order valence-corrected chi connectivity index (χ3v) is 1.22. The summed E-state index contributed by atoms with van der Waals surface area (Å²) in [6, 6.07) is -0.394. The Bertz CT molecular complexity index is 107. The summed E-state index contributed by atoms with van der Waals surface area (Å²) in [6.07, 6.45) is 0.375. The molecule has 1 atom stereocenters. The second kappa shape index (κ2) is 5.16. The number of carbonyl (C=O) groups is 1. The van der Waals surface area contributed by atoms with Crippen molar-refractivity contribution in [3.8, 4) is 0 Å². The minimum Gasteiger partial charge on any atom is -0.396 e. The van der Waals surface area contributed by atoms with E-state index in [2.05, 4.69) is 5.32 Å². The van der Waals surface area contributed by atoms with Gasteiger partial charge in [-0.3, -0.25) is 10.2 Å². The summed E-state index contributed by atoms with van der Waals surface area (Å²) < 4.78 is 0. The lowest BCUT2D eigenvalue weighted by Crippen LogP contribution is -2.45. The first-order valence-corrected chi connectivity index (χ1v) is 3.04. The lowest BCUT2D eigenvalue weighted by Gasteiger charge is -2.11. The van der Waals surface area contributed by atoms with Crippen LogP contribution >= 0.6 is 0 Å². The van der Waals surface area contributed by atoms with Gasteiger partial charge < -0.3 is 10.4 Å². The van der Waals surface area contributed by atoms with Gasteiger partial charge in [-0.25, -0.2) is 5.84 Å². The zero-order valence-electron chi connectivity index (χ0n) is 5.92. The number of nitrogens with two attached hydrogens (primary N) is 1. The monoisotopic (exact) mass is 147 g/mol. The second-order valence-electron chi connectivity index (χ2n) is 1.86. The molecular weight excluding hydrogens is 134 g/mol. The molecule has 0 rings (SSSR count). The van der Waals surface area contributed by atoms with Crippen molar-refractivity contribution in [3.05, 3.63) is 0 Å². The van der Waals surface area contributed by atoms with Gasteiger partial charge in [-0.15, -0.1) is 0 Å². The fraction of sp³-hybridized carbons (Fsp3) is 0.800. The van der Waals surface area contributed by atoms with E-state index in [0.717, 1.165) is 0 Å². The number of hydrogen-bond acceptors (Lipinski definition) is 4. The number of rotatable bonds is 4. The van der Waals surface area contributed by atoms with E-state index < -0.39 is 6.04 Å². The normalized spacial score (nSPS) is 12.7. The maximum Gasteiger partial charge on any atom is 0.251 e. The average molecular weight is 147 g/mol. The minimum absolute atomic E-state index is 0.0288. The molecule has 1 unspecified atom stereocenters. The Hall–Kier alpha value is -0.650. The molecule has 0 spiro atoms. The van der Waals surface area contributed by atoms with Gasteiger partial charge in [-0.2, -0.15) is 0 Å². The van der Waals surface area contributed by atoms with Gasteiger partial charge in [0.15, 0.2) is 0 Å². The summed E-state index contributed by atoms with van der Waals surface area (Å²) >= 11 is 0. The number of nitrogens with one attached hydrogen (secondary N) is 2. The van der Waals surface area contributed by atoms with Gasteiger partial charge in [0.1, 0.15) is 0 Å². The molecule has 5 N–H and O–H groups in total. The molecule has 0 radical (unpaired) electrons. The third kappa shape index (κ3) is 2.77. The first-order chi connectivity index (χ1) is 4.76. The van der Waals surface area contributed by atoms with Gasteiger partial charge in [0.25, 0.3) is 5.91 Å². The van der Waals surface area contributed by atoms with Crippen LogP contribution in [0.1, 0.15) is 6.42 Å². The fourth-order valence-electron chi connectivity index (χ4n) is 0.636. The van der Waals surface area contributed by atoms with E-state index in [1.807, 2.05) is 5.43 Å². The number of hydrogen-bond donors (Lipinski definition) is 4. The van der Waals surface area contributed by atoms with Gasteiger partial charge in [-0.05, 0) is 13.5 Å². The number of aliphatic hydroxyl groups is 1. The standard InChI is InChI=1S/C5H13N3O2/c1-7-4(2-3-9)5(10)8-6/h4,7,9H,2-3,6H2,1H3,(H,8,10). The first kappa shape index (κ1) is 9.35. The summed E-state index contributed by atoms with van der Waals surface area (Å²) in [6.45, 7) is -0.0288. The number of amides is 1. The third-order valence-electron chi connectivity index (χ3n) is 1.22. The Morgan fingerprint density at radius 3 is 2.70 bits per heavy atom. The van der Waals surface area contributed by atoms with E-state index >= 15 is 0 Å². The van der Waals surface area contributed by atoms with E-state index in [9.17, 15) is 4.79 Å². The van der Waals surface area contributed by atoms with E-state index in [0.29, 0.717) is 6.42 Å². The molecule has 5 nitrogen and oxygen atoms in total. The molecular formula is C5H13N3O2. The molecule has 0 aliphatic heterocycles. The molecule has 0 fully saturated rings. The predicted molar refractivity (Wildman–Crippen MR) is 36.9 cm³/mol. The molecule has 60 valence electrons. The van der Waals surface area contributed by atoms with Crippen LogP contribution in [0.2, 0.25) is 0 Å². The van der Waals surface area contributed by atoms with Crippen molar-refractivity contribution in [1.82, 2.24) is 10.7 Å². The second-order valence-corrected chi connectivity index (χ2v) is 1.86. The lowest BCUT2D eigenvalue weighted by molar-refractivity contribution is -0.123. The summed E-state index contributed by atoms with van der Waals surface area (Å²) in [5.41, 5.74) is 1.99. The van der Waals surface area contributed by atoms with Crippen LogP contribution in [0.4, 0.5) is 0 Å². The Morgan fingerprint density at radius 1 is 1.80 bits per heavy atom. The molecule has 1 amide bonds. The van der Waals surface area contributed by atoms with Crippen LogP contribution in [0, 0.1) is 0 Å². The lowest BCUT2D eigenvalue weighted by atomic mass is 10.2.